The first-order valence-electron chi connectivity index (χ1n) is 6.75. The predicted octanol–water partition coefficient (Wildman–Crippen LogP) is 0.637. The van der Waals surface area contributed by atoms with Gasteiger partial charge >= 0.3 is 0 Å². The molecule has 2 atom stereocenters. The molecule has 0 aromatic heterocycles. The van der Waals surface area contributed by atoms with E-state index in [9.17, 15) is 0 Å². The zero-order valence-corrected chi connectivity index (χ0v) is 11.9. The smallest absolute Gasteiger partial charge is 0.0707 e. The molecule has 4 nitrogen and oxygen atoms in total. The van der Waals surface area contributed by atoms with Gasteiger partial charge < -0.3 is 19.9 Å². The highest BCUT2D eigenvalue weighted by atomic mass is 16.5. The highest BCUT2D eigenvalue weighted by Gasteiger charge is 2.25. The summed E-state index contributed by atoms with van der Waals surface area (Å²) in [5.74, 6) is 0. The highest BCUT2D eigenvalue weighted by molar-refractivity contribution is 4.76. The molecule has 1 rings (SSSR count). The number of hydrogen-bond acceptors (Lipinski definition) is 4. The van der Waals surface area contributed by atoms with E-state index in [1.807, 2.05) is 7.05 Å². The average molecular weight is 243 g/mol. The lowest BCUT2D eigenvalue weighted by Gasteiger charge is -2.22. The maximum Gasteiger partial charge on any atom is 0.0707 e. The summed E-state index contributed by atoms with van der Waals surface area (Å²) in [5.41, 5.74) is 0. The van der Waals surface area contributed by atoms with Crippen LogP contribution in [0.3, 0.4) is 0 Å². The first kappa shape index (κ1) is 14.9. The molecule has 0 radical (unpaired) electrons. The van der Waals surface area contributed by atoms with E-state index in [1.54, 1.807) is 0 Å². The molecule has 1 fully saturated rings. The molecule has 0 aliphatic carbocycles. The van der Waals surface area contributed by atoms with Crippen LogP contribution in [0.1, 0.15) is 19.3 Å². The lowest BCUT2D eigenvalue weighted by molar-refractivity contribution is 0.0284. The minimum atomic E-state index is 0.431. The lowest BCUT2D eigenvalue weighted by Crippen LogP contribution is -2.32. The maximum atomic E-state index is 5.99. The second-order valence-corrected chi connectivity index (χ2v) is 5.43. The van der Waals surface area contributed by atoms with Crippen LogP contribution < -0.4 is 5.32 Å². The summed E-state index contributed by atoms with van der Waals surface area (Å²) in [6.07, 6.45) is 4.52. The molecule has 0 amide bonds. The van der Waals surface area contributed by atoms with E-state index in [0.717, 1.165) is 26.2 Å². The van der Waals surface area contributed by atoms with Crippen LogP contribution in [0.25, 0.3) is 0 Å². The van der Waals surface area contributed by atoms with Gasteiger partial charge in [-0.1, -0.05) is 0 Å². The van der Waals surface area contributed by atoms with Crippen molar-refractivity contribution in [2.24, 2.45) is 0 Å². The fourth-order valence-corrected chi connectivity index (χ4v) is 2.39. The van der Waals surface area contributed by atoms with Gasteiger partial charge in [0.15, 0.2) is 0 Å². The third-order valence-electron chi connectivity index (χ3n) is 3.29. The summed E-state index contributed by atoms with van der Waals surface area (Å²) in [6.45, 7) is 4.39. The molecule has 1 N–H and O–H groups in total. The SMILES string of the molecule is CNCC1CCC(CN(C)CCCN(C)C)O1. The van der Waals surface area contributed by atoms with Crippen LogP contribution in [-0.2, 0) is 4.74 Å². The summed E-state index contributed by atoms with van der Waals surface area (Å²) in [7, 11) is 8.44. The molecule has 1 aliphatic rings. The third-order valence-corrected chi connectivity index (χ3v) is 3.29. The van der Waals surface area contributed by atoms with Crippen molar-refractivity contribution in [2.45, 2.75) is 31.5 Å². The van der Waals surface area contributed by atoms with Crippen molar-refractivity contribution < 1.29 is 4.74 Å². The number of rotatable bonds is 8. The molecule has 0 saturated carbocycles. The number of nitrogens with one attached hydrogen (secondary N) is 1. The van der Waals surface area contributed by atoms with Crippen molar-refractivity contribution in [3.8, 4) is 0 Å². The summed E-state index contributed by atoms with van der Waals surface area (Å²) in [5, 5.41) is 3.19. The van der Waals surface area contributed by atoms with Crippen LogP contribution in [0.15, 0.2) is 0 Å². The van der Waals surface area contributed by atoms with Crippen LogP contribution in [0.2, 0.25) is 0 Å². The summed E-state index contributed by atoms with van der Waals surface area (Å²) in [6, 6.07) is 0. The van der Waals surface area contributed by atoms with Crippen LogP contribution in [-0.4, -0.2) is 76.4 Å². The number of likely N-dealkylation sites (N-methyl/N-ethyl adjacent to an activating group) is 2. The molecule has 1 aliphatic heterocycles. The van der Waals surface area contributed by atoms with E-state index >= 15 is 0 Å². The van der Waals surface area contributed by atoms with Crippen LogP contribution in [0, 0.1) is 0 Å². The highest BCUT2D eigenvalue weighted by Crippen LogP contribution is 2.19. The molecule has 1 heterocycles. The van der Waals surface area contributed by atoms with E-state index in [-0.39, 0.29) is 0 Å². The van der Waals surface area contributed by atoms with Gasteiger partial charge in [-0.05, 0) is 60.5 Å². The van der Waals surface area contributed by atoms with E-state index in [4.69, 9.17) is 4.74 Å². The minimum Gasteiger partial charge on any atom is -0.372 e. The standard InChI is InChI=1S/C13H29N3O/c1-14-10-12-6-7-13(17-12)11-16(4)9-5-8-15(2)3/h12-14H,5-11H2,1-4H3. The molecule has 0 aromatic carbocycles. The Bertz CT molecular complexity index is 199. The van der Waals surface area contributed by atoms with Gasteiger partial charge in [0.25, 0.3) is 0 Å². The Morgan fingerprint density at radius 1 is 1.12 bits per heavy atom. The molecular weight excluding hydrogens is 214 g/mol. The zero-order valence-electron chi connectivity index (χ0n) is 11.9. The summed E-state index contributed by atoms with van der Waals surface area (Å²) >= 11 is 0. The lowest BCUT2D eigenvalue weighted by atomic mass is 10.2. The van der Waals surface area contributed by atoms with Gasteiger partial charge in [-0.25, -0.2) is 0 Å². The monoisotopic (exact) mass is 243 g/mol. The fraction of sp³-hybridized carbons (Fsp3) is 1.00. The Hall–Kier alpha value is -0.160. The van der Waals surface area contributed by atoms with Crippen molar-refractivity contribution in [3.63, 3.8) is 0 Å². The molecule has 4 heteroatoms. The van der Waals surface area contributed by atoms with E-state index < -0.39 is 0 Å². The molecule has 0 bridgehead atoms. The van der Waals surface area contributed by atoms with Crippen LogP contribution in [0.4, 0.5) is 0 Å². The van der Waals surface area contributed by atoms with Crippen molar-refractivity contribution in [1.29, 1.82) is 0 Å². The first-order valence-corrected chi connectivity index (χ1v) is 6.75. The van der Waals surface area contributed by atoms with Gasteiger partial charge in [0, 0.05) is 13.1 Å². The second-order valence-electron chi connectivity index (χ2n) is 5.43. The van der Waals surface area contributed by atoms with Gasteiger partial charge in [0.05, 0.1) is 12.2 Å². The van der Waals surface area contributed by atoms with Crippen molar-refractivity contribution >= 4 is 0 Å². The average Bonchev–Trinajstić information content (AvgIpc) is 2.65. The number of hydrogen-bond donors (Lipinski definition) is 1. The van der Waals surface area contributed by atoms with Crippen molar-refractivity contribution in [1.82, 2.24) is 15.1 Å². The largest absolute Gasteiger partial charge is 0.372 e. The number of nitrogens with zero attached hydrogens (tertiary/aromatic N) is 2. The topological polar surface area (TPSA) is 27.7 Å². The van der Waals surface area contributed by atoms with Crippen LogP contribution >= 0.6 is 0 Å². The van der Waals surface area contributed by atoms with E-state index in [2.05, 4.69) is 36.3 Å². The molecule has 2 unspecified atom stereocenters. The number of ether oxygens (including phenoxy) is 1. The quantitative estimate of drug-likeness (QED) is 0.677. The Morgan fingerprint density at radius 3 is 2.47 bits per heavy atom. The van der Waals surface area contributed by atoms with Gasteiger partial charge in [0.1, 0.15) is 0 Å². The fourth-order valence-electron chi connectivity index (χ4n) is 2.39. The molecular formula is C13H29N3O. The van der Waals surface area contributed by atoms with Gasteiger partial charge in [0.2, 0.25) is 0 Å². The maximum absolute atomic E-state index is 5.99. The normalized spacial score (nSPS) is 25.1. The zero-order chi connectivity index (χ0) is 12.7. The third kappa shape index (κ3) is 6.36. The van der Waals surface area contributed by atoms with Crippen molar-refractivity contribution in [2.75, 3.05) is 54.4 Å². The van der Waals surface area contributed by atoms with E-state index in [0.29, 0.717) is 12.2 Å². The van der Waals surface area contributed by atoms with Crippen molar-refractivity contribution in [3.05, 3.63) is 0 Å². The molecule has 0 aromatic rings. The first-order chi connectivity index (χ1) is 8.11. The van der Waals surface area contributed by atoms with Gasteiger partial charge in [-0.15, -0.1) is 0 Å². The van der Waals surface area contributed by atoms with Gasteiger partial charge in [-0.2, -0.15) is 0 Å². The Kier molecular flexibility index (Phi) is 7.04. The molecule has 17 heavy (non-hydrogen) atoms. The molecule has 102 valence electrons. The predicted molar refractivity (Wildman–Crippen MR) is 72.5 cm³/mol. The Labute approximate surface area is 106 Å². The minimum absolute atomic E-state index is 0.431. The summed E-state index contributed by atoms with van der Waals surface area (Å²) in [4.78, 5) is 4.64. The van der Waals surface area contributed by atoms with Crippen LogP contribution in [0.5, 0.6) is 0 Å². The molecule has 1 saturated heterocycles. The Morgan fingerprint density at radius 2 is 1.82 bits per heavy atom. The van der Waals surface area contributed by atoms with Gasteiger partial charge in [-0.3, -0.25) is 0 Å². The van der Waals surface area contributed by atoms with E-state index in [1.165, 1.54) is 19.3 Å². The second kappa shape index (κ2) is 8.03. The Balaban J connectivity index is 2.08. The summed E-state index contributed by atoms with van der Waals surface area (Å²) < 4.78 is 5.99. The molecule has 0 spiro atoms.